The van der Waals surface area contributed by atoms with Crippen molar-refractivity contribution in [3.8, 4) is 0 Å². The van der Waals surface area contributed by atoms with E-state index in [0.717, 1.165) is 11.9 Å². The van der Waals surface area contributed by atoms with Crippen LogP contribution in [0.1, 0.15) is 15.9 Å². The third-order valence-corrected chi connectivity index (χ3v) is 3.82. The van der Waals surface area contributed by atoms with E-state index in [1.165, 1.54) is 12.1 Å². The minimum Gasteiger partial charge on any atom is -0.319 e. The van der Waals surface area contributed by atoms with Gasteiger partial charge in [0.1, 0.15) is 12.1 Å². The molecule has 28 heavy (non-hydrogen) atoms. The molecule has 0 saturated heterocycles. The lowest BCUT2D eigenvalue weighted by Gasteiger charge is -2.10. The second kappa shape index (κ2) is 8.27. The maximum atomic E-state index is 12.2. The third kappa shape index (κ3) is 4.48. The van der Waals surface area contributed by atoms with E-state index >= 15 is 0 Å². The van der Waals surface area contributed by atoms with Crippen molar-refractivity contribution >= 4 is 40.6 Å². The Labute approximate surface area is 164 Å². The number of rotatable bonds is 6. The molecule has 0 aliphatic heterocycles. The molecular formula is C17H14ClN7O3. The highest BCUT2D eigenvalue weighted by Crippen LogP contribution is 2.30. The van der Waals surface area contributed by atoms with Crippen molar-refractivity contribution in [3.63, 3.8) is 0 Å². The Morgan fingerprint density at radius 1 is 1.07 bits per heavy atom. The molecule has 0 saturated carbocycles. The van der Waals surface area contributed by atoms with E-state index in [1.807, 2.05) is 6.92 Å². The largest absolute Gasteiger partial charge is 0.355 e. The normalized spacial score (nSPS) is 10.2. The molecule has 3 rings (SSSR count). The summed E-state index contributed by atoms with van der Waals surface area (Å²) in [5.74, 6) is -0.389. The van der Waals surface area contributed by atoms with E-state index in [1.54, 1.807) is 30.5 Å². The maximum Gasteiger partial charge on any atom is 0.355 e. The van der Waals surface area contributed by atoms with Crippen molar-refractivity contribution in [2.24, 2.45) is 0 Å². The number of anilines is 3. The van der Waals surface area contributed by atoms with Crippen molar-refractivity contribution in [3.05, 3.63) is 75.2 Å². The molecule has 142 valence electrons. The lowest BCUT2D eigenvalue weighted by atomic mass is 10.2. The number of hydrazine groups is 1. The molecular weight excluding hydrogens is 386 g/mol. The first kappa shape index (κ1) is 19.0. The average Bonchev–Trinajstić information content (AvgIpc) is 2.68. The zero-order valence-electron chi connectivity index (χ0n) is 14.5. The van der Waals surface area contributed by atoms with Crippen LogP contribution in [-0.2, 0) is 0 Å². The number of carbonyl (C=O) groups excluding carboxylic acids is 1. The Morgan fingerprint density at radius 3 is 2.43 bits per heavy atom. The van der Waals surface area contributed by atoms with Crippen molar-refractivity contribution in [1.82, 2.24) is 20.4 Å². The van der Waals surface area contributed by atoms with E-state index in [9.17, 15) is 14.9 Å². The zero-order chi connectivity index (χ0) is 20.1. The molecule has 1 amide bonds. The molecule has 0 atom stereocenters. The Kier molecular flexibility index (Phi) is 5.61. The van der Waals surface area contributed by atoms with Crippen LogP contribution in [0.15, 0.2) is 48.9 Å². The topological polar surface area (TPSA) is 135 Å². The summed E-state index contributed by atoms with van der Waals surface area (Å²) >= 11 is 5.79. The Hall–Kier alpha value is -3.79. The summed E-state index contributed by atoms with van der Waals surface area (Å²) in [4.78, 5) is 34.9. The fourth-order valence-corrected chi connectivity index (χ4v) is 2.31. The van der Waals surface area contributed by atoms with Crippen LogP contribution < -0.4 is 16.2 Å². The smallest absolute Gasteiger partial charge is 0.319 e. The van der Waals surface area contributed by atoms with Gasteiger partial charge in [0.15, 0.2) is 0 Å². The minimum absolute atomic E-state index is 0.0698. The number of hydrogen-bond acceptors (Lipinski definition) is 8. The SMILES string of the molecule is Cc1ccc(Nc2ncnc(NNC(=O)c3ccc(Cl)cc3)c2[N+](=O)[O-])nc1. The summed E-state index contributed by atoms with van der Waals surface area (Å²) in [5, 5.41) is 14.8. The van der Waals surface area contributed by atoms with Crippen LogP contribution in [-0.4, -0.2) is 25.8 Å². The number of nitrogens with one attached hydrogen (secondary N) is 3. The molecule has 0 fully saturated rings. The number of hydrogen-bond donors (Lipinski definition) is 3. The molecule has 0 unspecified atom stereocenters. The highest BCUT2D eigenvalue weighted by atomic mass is 35.5. The second-order valence-corrected chi connectivity index (χ2v) is 6.04. The van der Waals surface area contributed by atoms with Gasteiger partial charge in [-0.1, -0.05) is 17.7 Å². The van der Waals surface area contributed by atoms with E-state index in [2.05, 4.69) is 31.1 Å². The van der Waals surface area contributed by atoms with Crippen LogP contribution in [0, 0.1) is 17.0 Å². The zero-order valence-corrected chi connectivity index (χ0v) is 15.3. The second-order valence-electron chi connectivity index (χ2n) is 5.61. The first-order valence-corrected chi connectivity index (χ1v) is 8.33. The lowest BCUT2D eigenvalue weighted by Crippen LogP contribution is -2.30. The van der Waals surface area contributed by atoms with Gasteiger partial charge >= 0.3 is 5.69 Å². The molecule has 0 aliphatic carbocycles. The monoisotopic (exact) mass is 399 g/mol. The van der Waals surface area contributed by atoms with Gasteiger partial charge in [-0.05, 0) is 42.8 Å². The number of aromatic nitrogens is 3. The van der Waals surface area contributed by atoms with Gasteiger partial charge in [0.05, 0.1) is 4.92 Å². The number of amides is 1. The van der Waals surface area contributed by atoms with Gasteiger partial charge in [0.25, 0.3) is 5.91 Å². The van der Waals surface area contributed by atoms with Crippen molar-refractivity contribution < 1.29 is 9.72 Å². The molecule has 1 aromatic carbocycles. The third-order valence-electron chi connectivity index (χ3n) is 3.56. The molecule has 2 heterocycles. The maximum absolute atomic E-state index is 12.2. The van der Waals surface area contributed by atoms with Crippen LogP contribution in [0.5, 0.6) is 0 Å². The van der Waals surface area contributed by atoms with E-state index < -0.39 is 16.5 Å². The minimum atomic E-state index is -0.659. The average molecular weight is 400 g/mol. The number of nitro groups is 1. The molecule has 11 heteroatoms. The van der Waals surface area contributed by atoms with Crippen molar-refractivity contribution in [1.29, 1.82) is 0 Å². The number of benzene rings is 1. The summed E-state index contributed by atoms with van der Waals surface area (Å²) in [6.07, 6.45) is 2.74. The fourth-order valence-electron chi connectivity index (χ4n) is 2.19. The Bertz CT molecular complexity index is 1010. The van der Waals surface area contributed by atoms with Crippen LogP contribution in [0.2, 0.25) is 5.02 Å². The van der Waals surface area contributed by atoms with E-state index in [0.29, 0.717) is 16.4 Å². The first-order chi connectivity index (χ1) is 13.4. The molecule has 3 N–H and O–H groups in total. The van der Waals surface area contributed by atoms with E-state index in [-0.39, 0.29) is 11.6 Å². The van der Waals surface area contributed by atoms with Gasteiger partial charge in [0.2, 0.25) is 11.6 Å². The van der Waals surface area contributed by atoms with Crippen LogP contribution in [0.25, 0.3) is 0 Å². The number of pyridine rings is 1. The summed E-state index contributed by atoms with van der Waals surface area (Å²) in [6, 6.07) is 9.61. The van der Waals surface area contributed by atoms with Gasteiger partial charge in [-0.3, -0.25) is 25.8 Å². The van der Waals surface area contributed by atoms with Crippen LogP contribution >= 0.6 is 11.6 Å². The van der Waals surface area contributed by atoms with Gasteiger partial charge < -0.3 is 5.32 Å². The Morgan fingerprint density at radius 2 is 1.79 bits per heavy atom. The number of aryl methyl sites for hydroxylation is 1. The van der Waals surface area contributed by atoms with E-state index in [4.69, 9.17) is 11.6 Å². The molecule has 0 bridgehead atoms. The first-order valence-electron chi connectivity index (χ1n) is 7.95. The van der Waals surface area contributed by atoms with Gasteiger partial charge in [-0.25, -0.2) is 15.0 Å². The number of nitrogens with zero attached hydrogens (tertiary/aromatic N) is 4. The quantitative estimate of drug-likeness (QED) is 0.424. The lowest BCUT2D eigenvalue weighted by molar-refractivity contribution is -0.383. The molecule has 10 nitrogen and oxygen atoms in total. The molecule has 0 radical (unpaired) electrons. The Balaban J connectivity index is 1.80. The van der Waals surface area contributed by atoms with Crippen LogP contribution in [0.4, 0.5) is 23.1 Å². The van der Waals surface area contributed by atoms with Gasteiger partial charge in [-0.2, -0.15) is 0 Å². The van der Waals surface area contributed by atoms with Gasteiger partial charge in [0, 0.05) is 16.8 Å². The number of carbonyl (C=O) groups is 1. The van der Waals surface area contributed by atoms with Crippen molar-refractivity contribution in [2.45, 2.75) is 6.92 Å². The van der Waals surface area contributed by atoms with Gasteiger partial charge in [-0.15, -0.1) is 0 Å². The highest BCUT2D eigenvalue weighted by Gasteiger charge is 2.24. The molecule has 0 aliphatic rings. The summed E-state index contributed by atoms with van der Waals surface area (Å²) < 4.78 is 0. The summed E-state index contributed by atoms with van der Waals surface area (Å²) in [5.41, 5.74) is 5.63. The van der Waals surface area contributed by atoms with Crippen LogP contribution in [0.3, 0.4) is 0 Å². The molecule has 0 spiro atoms. The predicted molar refractivity (Wildman–Crippen MR) is 103 cm³/mol. The highest BCUT2D eigenvalue weighted by molar-refractivity contribution is 6.30. The van der Waals surface area contributed by atoms with Crippen molar-refractivity contribution in [2.75, 3.05) is 10.7 Å². The number of halogens is 1. The summed E-state index contributed by atoms with van der Waals surface area (Å²) in [6.45, 7) is 1.87. The standard InChI is InChI=1S/C17H14ClN7O3/c1-10-2-7-13(19-8-10)22-15-14(25(27)28)16(21-9-20-15)23-24-17(26)11-3-5-12(18)6-4-11/h2-9H,1H3,(H,24,26)(H2,19,20,21,22,23). The summed E-state index contributed by atoms with van der Waals surface area (Å²) in [7, 11) is 0. The molecule has 2 aromatic heterocycles. The fraction of sp³-hybridized carbons (Fsp3) is 0.0588. The predicted octanol–water partition coefficient (Wildman–Crippen LogP) is 3.24. The molecule has 3 aromatic rings.